The molecule has 0 spiro atoms. The van der Waals surface area contributed by atoms with Crippen molar-refractivity contribution in [1.82, 2.24) is 0 Å². The minimum Gasteiger partial charge on any atom is -0.434 e. The van der Waals surface area contributed by atoms with Crippen LogP contribution in [0.5, 0.6) is 0 Å². The van der Waals surface area contributed by atoms with Gasteiger partial charge in [0, 0.05) is 6.61 Å². The Morgan fingerprint density at radius 2 is 1.50 bits per heavy atom. The van der Waals surface area contributed by atoms with Crippen LogP contribution in [-0.4, -0.2) is 31.1 Å². The molecule has 0 aliphatic rings. The van der Waals surface area contributed by atoms with E-state index in [0.717, 1.165) is 12.8 Å². The van der Waals surface area contributed by atoms with Gasteiger partial charge >= 0.3 is 6.16 Å². The van der Waals surface area contributed by atoms with Gasteiger partial charge in [-0.25, -0.2) is 4.79 Å². The van der Waals surface area contributed by atoms with Gasteiger partial charge in [-0.2, -0.15) is 0 Å². The molecule has 4 nitrogen and oxygen atoms in total. The van der Waals surface area contributed by atoms with Crippen molar-refractivity contribution in [3.8, 4) is 0 Å². The van der Waals surface area contributed by atoms with E-state index in [2.05, 4.69) is 6.92 Å². The highest BCUT2D eigenvalue weighted by atomic mass is 16.7. The highest BCUT2D eigenvalue weighted by Crippen LogP contribution is 2.02. The zero-order chi connectivity index (χ0) is 12.1. The third kappa shape index (κ3) is 11.3. The van der Waals surface area contributed by atoms with E-state index in [0.29, 0.717) is 26.1 Å². The van der Waals surface area contributed by atoms with Crippen LogP contribution in [0.3, 0.4) is 0 Å². The summed E-state index contributed by atoms with van der Waals surface area (Å²) in [6.07, 6.45) is 6.42. The van der Waals surface area contributed by atoms with Crippen LogP contribution in [0.15, 0.2) is 0 Å². The minimum atomic E-state index is -0.589. The molecular weight excluding hydrogens is 208 g/mol. The molecule has 0 heterocycles. The van der Waals surface area contributed by atoms with Gasteiger partial charge in [-0.1, -0.05) is 32.6 Å². The molecule has 0 amide bonds. The molecule has 0 aliphatic heterocycles. The van der Waals surface area contributed by atoms with Gasteiger partial charge in [0.1, 0.15) is 0 Å². The van der Waals surface area contributed by atoms with Crippen molar-refractivity contribution < 1.29 is 19.4 Å². The zero-order valence-electron chi connectivity index (χ0n) is 10.2. The van der Waals surface area contributed by atoms with Crippen LogP contribution in [0.25, 0.3) is 0 Å². The van der Waals surface area contributed by atoms with E-state index in [1.807, 2.05) is 0 Å². The molecule has 0 bridgehead atoms. The average Bonchev–Trinajstić information content (AvgIpc) is 2.29. The second-order valence-electron chi connectivity index (χ2n) is 3.79. The third-order valence-corrected chi connectivity index (χ3v) is 2.24. The quantitative estimate of drug-likeness (QED) is 0.465. The second-order valence-corrected chi connectivity index (χ2v) is 3.79. The standard InChI is InChI=1S/C12H24O4/c1-2-3-4-5-7-10-15-12(14)16-11-8-6-9-13/h13H,2-11H2,1H3. The van der Waals surface area contributed by atoms with E-state index in [-0.39, 0.29) is 6.61 Å². The van der Waals surface area contributed by atoms with Gasteiger partial charge in [0.15, 0.2) is 0 Å². The molecule has 0 aromatic rings. The van der Waals surface area contributed by atoms with E-state index < -0.39 is 6.16 Å². The van der Waals surface area contributed by atoms with E-state index in [1.54, 1.807) is 0 Å². The Kier molecular flexibility index (Phi) is 11.7. The van der Waals surface area contributed by atoms with Gasteiger partial charge in [0.05, 0.1) is 13.2 Å². The van der Waals surface area contributed by atoms with Crippen LogP contribution in [0, 0.1) is 0 Å². The van der Waals surface area contributed by atoms with Crippen molar-refractivity contribution in [3.63, 3.8) is 0 Å². The van der Waals surface area contributed by atoms with Gasteiger partial charge in [0.25, 0.3) is 0 Å². The number of hydrogen-bond acceptors (Lipinski definition) is 4. The highest BCUT2D eigenvalue weighted by molar-refractivity contribution is 5.59. The number of ether oxygens (including phenoxy) is 2. The van der Waals surface area contributed by atoms with Gasteiger partial charge in [0.2, 0.25) is 0 Å². The molecule has 0 aromatic heterocycles. The summed E-state index contributed by atoms with van der Waals surface area (Å²) < 4.78 is 9.68. The lowest BCUT2D eigenvalue weighted by molar-refractivity contribution is 0.0520. The molecule has 0 aromatic carbocycles. The first kappa shape index (κ1) is 15.2. The largest absolute Gasteiger partial charge is 0.508 e. The SMILES string of the molecule is CCCCCCCOC(=O)OCCCCO. The molecule has 4 heteroatoms. The molecule has 16 heavy (non-hydrogen) atoms. The van der Waals surface area contributed by atoms with E-state index in [4.69, 9.17) is 14.6 Å². The molecule has 0 saturated heterocycles. The van der Waals surface area contributed by atoms with Crippen LogP contribution >= 0.6 is 0 Å². The number of hydrogen-bond donors (Lipinski definition) is 1. The Morgan fingerprint density at radius 1 is 0.938 bits per heavy atom. The molecule has 0 fully saturated rings. The van der Waals surface area contributed by atoms with Gasteiger partial charge in [-0.3, -0.25) is 0 Å². The summed E-state index contributed by atoms with van der Waals surface area (Å²) in [5.41, 5.74) is 0. The Balaban J connectivity index is 3.11. The lowest BCUT2D eigenvalue weighted by Gasteiger charge is -2.05. The number of carbonyl (C=O) groups excluding carboxylic acids is 1. The van der Waals surface area contributed by atoms with Crippen LogP contribution < -0.4 is 0 Å². The van der Waals surface area contributed by atoms with Crippen molar-refractivity contribution in [2.45, 2.75) is 51.9 Å². The first-order chi connectivity index (χ1) is 7.81. The average molecular weight is 232 g/mol. The Morgan fingerprint density at radius 3 is 2.06 bits per heavy atom. The molecule has 1 N–H and O–H groups in total. The Bertz CT molecular complexity index is 159. The summed E-state index contributed by atoms with van der Waals surface area (Å²) in [5, 5.41) is 8.50. The predicted octanol–water partition coefficient (Wildman–Crippen LogP) is 2.88. The lowest BCUT2D eigenvalue weighted by atomic mass is 10.2. The van der Waals surface area contributed by atoms with Crippen molar-refractivity contribution in [2.24, 2.45) is 0 Å². The van der Waals surface area contributed by atoms with E-state index >= 15 is 0 Å². The van der Waals surface area contributed by atoms with Crippen molar-refractivity contribution in [1.29, 1.82) is 0 Å². The van der Waals surface area contributed by atoms with Crippen LogP contribution in [-0.2, 0) is 9.47 Å². The number of aliphatic hydroxyl groups excluding tert-OH is 1. The van der Waals surface area contributed by atoms with E-state index in [1.165, 1.54) is 19.3 Å². The molecule has 0 unspecified atom stereocenters. The van der Waals surface area contributed by atoms with Crippen LogP contribution in [0.2, 0.25) is 0 Å². The van der Waals surface area contributed by atoms with Gasteiger partial charge < -0.3 is 14.6 Å². The van der Waals surface area contributed by atoms with Gasteiger partial charge in [-0.05, 0) is 19.3 Å². The summed E-state index contributed by atoms with van der Waals surface area (Å²) in [7, 11) is 0. The Labute approximate surface area is 97.9 Å². The van der Waals surface area contributed by atoms with E-state index in [9.17, 15) is 4.79 Å². The zero-order valence-corrected chi connectivity index (χ0v) is 10.2. The topological polar surface area (TPSA) is 55.8 Å². The minimum absolute atomic E-state index is 0.135. The maximum atomic E-state index is 11.0. The fraction of sp³-hybridized carbons (Fsp3) is 0.917. The van der Waals surface area contributed by atoms with Crippen molar-refractivity contribution in [2.75, 3.05) is 19.8 Å². The second kappa shape index (κ2) is 12.3. The predicted molar refractivity (Wildman–Crippen MR) is 62.4 cm³/mol. The Hall–Kier alpha value is -0.770. The third-order valence-electron chi connectivity index (χ3n) is 2.24. The molecule has 0 radical (unpaired) electrons. The lowest BCUT2D eigenvalue weighted by Crippen LogP contribution is -2.09. The van der Waals surface area contributed by atoms with Crippen molar-refractivity contribution >= 4 is 6.16 Å². The number of unbranched alkanes of at least 4 members (excludes halogenated alkanes) is 5. The normalized spacial score (nSPS) is 10.1. The highest BCUT2D eigenvalue weighted by Gasteiger charge is 2.02. The molecule has 0 atom stereocenters. The fourth-order valence-corrected chi connectivity index (χ4v) is 1.27. The molecule has 0 saturated carbocycles. The van der Waals surface area contributed by atoms with Gasteiger partial charge in [-0.15, -0.1) is 0 Å². The summed E-state index contributed by atoms with van der Waals surface area (Å²) in [5.74, 6) is 0. The summed E-state index contributed by atoms with van der Waals surface area (Å²) in [6.45, 7) is 3.08. The summed E-state index contributed by atoms with van der Waals surface area (Å²) >= 11 is 0. The number of rotatable bonds is 10. The first-order valence-corrected chi connectivity index (χ1v) is 6.21. The monoisotopic (exact) mass is 232 g/mol. The maximum Gasteiger partial charge on any atom is 0.508 e. The van der Waals surface area contributed by atoms with Crippen molar-refractivity contribution in [3.05, 3.63) is 0 Å². The molecule has 0 aliphatic carbocycles. The number of carbonyl (C=O) groups is 1. The maximum absolute atomic E-state index is 11.0. The smallest absolute Gasteiger partial charge is 0.434 e. The molecule has 0 rings (SSSR count). The fourth-order valence-electron chi connectivity index (χ4n) is 1.27. The van der Waals surface area contributed by atoms with Crippen LogP contribution in [0.1, 0.15) is 51.9 Å². The number of aliphatic hydroxyl groups is 1. The molecular formula is C12H24O4. The summed E-state index contributed by atoms with van der Waals surface area (Å²) in [6, 6.07) is 0. The molecule has 96 valence electrons. The van der Waals surface area contributed by atoms with Crippen LogP contribution in [0.4, 0.5) is 4.79 Å². The first-order valence-electron chi connectivity index (χ1n) is 6.21. The summed E-state index contributed by atoms with van der Waals surface area (Å²) in [4.78, 5) is 11.0.